The lowest BCUT2D eigenvalue weighted by molar-refractivity contribution is -0.138. The number of hydrogen-bond acceptors (Lipinski definition) is 6. The number of aliphatic hydroxyl groups excluding tert-OH is 1. The number of amides is 1. The molecule has 2 heterocycles. The van der Waals surface area contributed by atoms with E-state index in [-0.39, 0.29) is 28.1 Å². The summed E-state index contributed by atoms with van der Waals surface area (Å²) in [6.45, 7) is 2.95. The molecule has 0 unspecified atom stereocenters. The van der Waals surface area contributed by atoms with Crippen LogP contribution in [0.1, 0.15) is 28.5 Å². The normalized spacial score (nSPS) is 12.7. The number of aromatic nitrogens is 4. The average Bonchev–Trinajstić information content (AvgIpc) is 3.13. The number of carbonyl (C=O) groups excluding carboxylic acids is 1. The molecule has 2 aromatic heterocycles. The van der Waals surface area contributed by atoms with Crippen LogP contribution in [0.4, 0.5) is 33.5 Å². The van der Waals surface area contributed by atoms with Gasteiger partial charge < -0.3 is 16.2 Å². The number of nitrogen functional groups attached to an aromatic ring is 1. The molecule has 4 aromatic rings. The molecule has 4 N–H and O–H groups in total. The number of nitrogens with one attached hydrogen (secondary N) is 1. The predicted octanol–water partition coefficient (Wildman–Crippen LogP) is 3.98. The molecule has 1 atom stereocenters. The second-order valence-corrected chi connectivity index (χ2v) is 7.74. The lowest BCUT2D eigenvalue weighted by atomic mass is 10.0. The molecule has 8 nitrogen and oxygen atoms in total. The van der Waals surface area contributed by atoms with Crippen molar-refractivity contribution in [2.24, 2.45) is 0 Å². The van der Waals surface area contributed by atoms with Gasteiger partial charge in [0.05, 0.1) is 16.9 Å². The van der Waals surface area contributed by atoms with Crippen LogP contribution >= 0.6 is 0 Å². The van der Waals surface area contributed by atoms with Gasteiger partial charge in [-0.1, -0.05) is 11.6 Å². The summed E-state index contributed by atoms with van der Waals surface area (Å²) in [5.74, 6) is -4.17. The molecule has 13 heteroatoms. The summed E-state index contributed by atoms with van der Waals surface area (Å²) in [5, 5.41) is 16.4. The van der Waals surface area contributed by atoms with Crippen molar-refractivity contribution in [2.75, 3.05) is 11.1 Å². The van der Waals surface area contributed by atoms with Gasteiger partial charge in [0.1, 0.15) is 23.0 Å². The lowest BCUT2D eigenvalue weighted by Crippen LogP contribution is -2.22. The molecule has 182 valence electrons. The summed E-state index contributed by atoms with van der Waals surface area (Å²) < 4.78 is 70.0. The van der Waals surface area contributed by atoms with Crippen LogP contribution in [0.2, 0.25) is 0 Å². The molecule has 0 fully saturated rings. The Morgan fingerprint density at radius 2 is 1.83 bits per heavy atom. The summed E-state index contributed by atoms with van der Waals surface area (Å²) in [4.78, 5) is 20.3. The minimum atomic E-state index is -4.70. The van der Waals surface area contributed by atoms with Gasteiger partial charge in [-0.15, -0.1) is 0 Å². The fraction of sp³-hybridized carbons (Fsp3) is 0.182. The third kappa shape index (κ3) is 4.37. The number of fused-ring (bicyclic) bond motifs is 1. The van der Waals surface area contributed by atoms with Gasteiger partial charge in [-0.05, 0) is 43.7 Å². The molecule has 0 spiro atoms. The first kappa shape index (κ1) is 24.0. The second kappa shape index (κ2) is 8.58. The van der Waals surface area contributed by atoms with E-state index in [0.717, 1.165) is 22.9 Å². The number of nitrogens with two attached hydrogens (primary N) is 1. The highest BCUT2D eigenvalue weighted by Crippen LogP contribution is 2.33. The third-order valence-electron chi connectivity index (χ3n) is 5.19. The standard InChI is InChI=1S/C22H17F5N6O2/c1-9-5-11(7-12(6-9)22(25,26)27)19(34)21(35)31-13-3-4-14(16(24)15(13)23)33-18-17(10(2)32-33)29-8-30-20(18)28/h3-8,19,34H,1-2H3,(H,31,35)(H2,28,29,30)/t19-/m1/s1. The Morgan fingerprint density at radius 3 is 2.51 bits per heavy atom. The van der Waals surface area contributed by atoms with Crippen molar-refractivity contribution >= 4 is 28.4 Å². The fourth-order valence-electron chi connectivity index (χ4n) is 3.57. The molecule has 0 aliphatic rings. The van der Waals surface area contributed by atoms with E-state index in [2.05, 4.69) is 15.1 Å². The van der Waals surface area contributed by atoms with Gasteiger partial charge in [-0.25, -0.2) is 23.4 Å². The summed E-state index contributed by atoms with van der Waals surface area (Å²) in [6.07, 6.45) is -5.58. The number of aliphatic hydroxyl groups is 1. The first-order valence-corrected chi connectivity index (χ1v) is 10.0. The molecule has 1 amide bonds. The molecule has 2 aromatic carbocycles. The van der Waals surface area contributed by atoms with Gasteiger partial charge in [-0.2, -0.15) is 18.3 Å². The molecule has 35 heavy (non-hydrogen) atoms. The smallest absolute Gasteiger partial charge is 0.382 e. The first-order chi connectivity index (χ1) is 16.4. The summed E-state index contributed by atoms with van der Waals surface area (Å²) in [7, 11) is 0. The summed E-state index contributed by atoms with van der Waals surface area (Å²) >= 11 is 0. The van der Waals surface area contributed by atoms with Crippen molar-refractivity contribution in [3.63, 3.8) is 0 Å². The largest absolute Gasteiger partial charge is 0.416 e. The number of benzene rings is 2. The zero-order valence-corrected chi connectivity index (χ0v) is 18.2. The van der Waals surface area contributed by atoms with Crippen LogP contribution in [0.3, 0.4) is 0 Å². The Bertz CT molecular complexity index is 1470. The first-order valence-electron chi connectivity index (χ1n) is 10.0. The van der Waals surface area contributed by atoms with E-state index < -0.39 is 41.1 Å². The monoisotopic (exact) mass is 492 g/mol. The number of rotatable bonds is 4. The highest BCUT2D eigenvalue weighted by molar-refractivity contribution is 5.95. The van der Waals surface area contributed by atoms with Crippen LogP contribution in [-0.2, 0) is 11.0 Å². The van der Waals surface area contributed by atoms with Crippen molar-refractivity contribution < 1.29 is 31.9 Å². The average molecular weight is 492 g/mol. The van der Waals surface area contributed by atoms with Gasteiger partial charge in [0.25, 0.3) is 5.91 Å². The predicted molar refractivity (Wildman–Crippen MR) is 115 cm³/mol. The van der Waals surface area contributed by atoms with Gasteiger partial charge in [0.2, 0.25) is 0 Å². The van der Waals surface area contributed by atoms with Crippen LogP contribution in [-0.4, -0.2) is 30.8 Å². The number of halogens is 5. The second-order valence-electron chi connectivity index (χ2n) is 7.74. The Labute approximate surface area is 194 Å². The van der Waals surface area contributed by atoms with E-state index in [1.807, 2.05) is 5.32 Å². The molecule has 0 bridgehead atoms. The van der Waals surface area contributed by atoms with E-state index in [1.54, 1.807) is 6.92 Å². The maximum absolute atomic E-state index is 15.0. The zero-order chi connectivity index (χ0) is 25.7. The van der Waals surface area contributed by atoms with E-state index in [0.29, 0.717) is 17.3 Å². The quantitative estimate of drug-likeness (QED) is 0.371. The third-order valence-corrected chi connectivity index (χ3v) is 5.19. The molecule has 0 aliphatic heterocycles. The minimum absolute atomic E-state index is 0.0210. The van der Waals surface area contributed by atoms with Crippen LogP contribution in [0.25, 0.3) is 16.7 Å². The van der Waals surface area contributed by atoms with Crippen LogP contribution < -0.4 is 11.1 Å². The van der Waals surface area contributed by atoms with Gasteiger partial charge in [-0.3, -0.25) is 4.79 Å². The molecule has 0 radical (unpaired) electrons. The number of anilines is 2. The SMILES string of the molecule is Cc1cc([C@@H](O)C(=O)Nc2ccc(-n3nc(C)c4ncnc(N)c43)c(F)c2F)cc(C(F)(F)F)c1. The lowest BCUT2D eigenvalue weighted by Gasteiger charge is -2.16. The van der Waals surface area contributed by atoms with Crippen molar-refractivity contribution in [1.82, 2.24) is 19.7 Å². The summed E-state index contributed by atoms with van der Waals surface area (Å²) in [5.41, 5.74) is 4.43. The van der Waals surface area contributed by atoms with Gasteiger partial charge in [0.15, 0.2) is 23.6 Å². The molecular formula is C22H17F5N6O2. The molecule has 0 saturated carbocycles. The van der Waals surface area contributed by atoms with E-state index in [4.69, 9.17) is 5.73 Å². The minimum Gasteiger partial charge on any atom is -0.382 e. The number of carbonyl (C=O) groups is 1. The van der Waals surface area contributed by atoms with Crippen molar-refractivity contribution in [1.29, 1.82) is 0 Å². The Hall–Kier alpha value is -4.13. The van der Waals surface area contributed by atoms with Gasteiger partial charge >= 0.3 is 6.18 Å². The number of hydrogen-bond donors (Lipinski definition) is 3. The maximum atomic E-state index is 15.0. The van der Waals surface area contributed by atoms with Gasteiger partial charge in [0, 0.05) is 0 Å². The van der Waals surface area contributed by atoms with E-state index in [9.17, 15) is 31.9 Å². The van der Waals surface area contributed by atoms with E-state index in [1.165, 1.54) is 19.3 Å². The zero-order valence-electron chi connectivity index (χ0n) is 18.2. The Balaban J connectivity index is 1.66. The van der Waals surface area contributed by atoms with E-state index >= 15 is 0 Å². The molecule has 0 saturated heterocycles. The number of alkyl halides is 3. The highest BCUT2D eigenvalue weighted by Gasteiger charge is 2.32. The molecule has 4 rings (SSSR count). The topological polar surface area (TPSA) is 119 Å². The molecule has 0 aliphatic carbocycles. The van der Waals surface area contributed by atoms with Crippen molar-refractivity contribution in [3.05, 3.63) is 70.7 Å². The molecular weight excluding hydrogens is 475 g/mol. The van der Waals surface area contributed by atoms with Crippen LogP contribution in [0.15, 0.2) is 36.7 Å². The number of nitrogens with zero attached hydrogens (tertiary/aromatic N) is 4. The summed E-state index contributed by atoms with van der Waals surface area (Å²) in [6, 6.07) is 4.75. The Morgan fingerprint density at radius 1 is 1.11 bits per heavy atom. The van der Waals surface area contributed by atoms with Crippen molar-refractivity contribution in [2.45, 2.75) is 26.1 Å². The highest BCUT2D eigenvalue weighted by atomic mass is 19.4. The van der Waals surface area contributed by atoms with Crippen LogP contribution in [0.5, 0.6) is 0 Å². The fourth-order valence-corrected chi connectivity index (χ4v) is 3.57. The maximum Gasteiger partial charge on any atom is 0.416 e. The van der Waals surface area contributed by atoms with Crippen molar-refractivity contribution in [3.8, 4) is 5.69 Å². The van der Waals surface area contributed by atoms with Crippen LogP contribution in [0, 0.1) is 25.5 Å². The Kier molecular flexibility index (Phi) is 5.88. The number of aryl methyl sites for hydroxylation is 2.